The molecule has 0 bridgehead atoms. The van der Waals surface area contributed by atoms with E-state index in [4.69, 9.17) is 4.74 Å². The van der Waals surface area contributed by atoms with E-state index in [1.807, 2.05) is 0 Å². The standard InChI is InChI=1S/C9H8FNO3/c10-9-2-1-7(11(12)13)3-6(9)4-8-5-14-8/h1-3,8H,4-5H2. The Bertz CT molecular complexity index is 376. The molecule has 1 aliphatic rings. The van der Waals surface area contributed by atoms with Crippen molar-refractivity contribution in [3.8, 4) is 0 Å². The molecule has 2 rings (SSSR count). The molecule has 0 N–H and O–H groups in total. The van der Waals surface area contributed by atoms with Gasteiger partial charge in [-0.3, -0.25) is 10.1 Å². The molecule has 0 spiro atoms. The summed E-state index contributed by atoms with van der Waals surface area (Å²) in [6.07, 6.45) is 0.444. The Balaban J connectivity index is 2.26. The van der Waals surface area contributed by atoms with E-state index >= 15 is 0 Å². The number of nitro groups is 1. The summed E-state index contributed by atoms with van der Waals surface area (Å²) in [6, 6.07) is 3.54. The number of halogens is 1. The van der Waals surface area contributed by atoms with Crippen molar-refractivity contribution in [2.45, 2.75) is 12.5 Å². The summed E-state index contributed by atoms with van der Waals surface area (Å²) in [5, 5.41) is 10.4. The number of hydrogen-bond donors (Lipinski definition) is 0. The molecular weight excluding hydrogens is 189 g/mol. The quantitative estimate of drug-likeness (QED) is 0.420. The van der Waals surface area contributed by atoms with Crippen LogP contribution in [-0.4, -0.2) is 17.6 Å². The number of hydrogen-bond acceptors (Lipinski definition) is 3. The van der Waals surface area contributed by atoms with Crippen molar-refractivity contribution in [2.24, 2.45) is 0 Å². The first-order chi connectivity index (χ1) is 6.66. The average Bonchev–Trinajstić information content (AvgIpc) is 2.92. The molecule has 1 atom stereocenters. The van der Waals surface area contributed by atoms with Crippen molar-refractivity contribution in [1.82, 2.24) is 0 Å². The molecule has 1 heterocycles. The van der Waals surface area contributed by atoms with Crippen LogP contribution in [0.15, 0.2) is 18.2 Å². The monoisotopic (exact) mass is 197 g/mol. The first-order valence-corrected chi connectivity index (χ1v) is 4.21. The van der Waals surface area contributed by atoms with Crippen LogP contribution in [0.5, 0.6) is 0 Å². The minimum atomic E-state index is -0.531. The van der Waals surface area contributed by atoms with Crippen LogP contribution in [0.1, 0.15) is 5.56 Å². The van der Waals surface area contributed by atoms with E-state index in [2.05, 4.69) is 0 Å². The molecule has 0 amide bonds. The largest absolute Gasteiger partial charge is 0.373 e. The Hall–Kier alpha value is -1.49. The summed E-state index contributed by atoms with van der Waals surface area (Å²) in [5.41, 5.74) is 0.267. The van der Waals surface area contributed by atoms with Gasteiger partial charge in [0, 0.05) is 18.6 Å². The fourth-order valence-electron chi connectivity index (χ4n) is 1.26. The highest BCUT2D eigenvalue weighted by molar-refractivity contribution is 5.35. The zero-order valence-corrected chi connectivity index (χ0v) is 7.27. The maximum absolute atomic E-state index is 13.1. The summed E-state index contributed by atoms with van der Waals surface area (Å²) >= 11 is 0. The van der Waals surface area contributed by atoms with Crippen molar-refractivity contribution in [1.29, 1.82) is 0 Å². The van der Waals surface area contributed by atoms with Crippen LogP contribution in [0.2, 0.25) is 0 Å². The number of benzene rings is 1. The molecule has 0 saturated carbocycles. The van der Waals surface area contributed by atoms with Crippen LogP contribution in [0.4, 0.5) is 10.1 Å². The molecule has 0 aliphatic carbocycles. The average molecular weight is 197 g/mol. The van der Waals surface area contributed by atoms with Crippen LogP contribution in [0.25, 0.3) is 0 Å². The van der Waals surface area contributed by atoms with Crippen molar-refractivity contribution in [2.75, 3.05) is 6.61 Å². The summed E-state index contributed by atoms with van der Waals surface area (Å²) < 4.78 is 18.1. The van der Waals surface area contributed by atoms with E-state index < -0.39 is 10.7 Å². The molecule has 1 saturated heterocycles. The fraction of sp³-hybridized carbons (Fsp3) is 0.333. The lowest BCUT2D eigenvalue weighted by Crippen LogP contribution is -1.98. The van der Waals surface area contributed by atoms with Crippen LogP contribution < -0.4 is 0 Å². The Labute approximate surface area is 79.5 Å². The highest BCUT2D eigenvalue weighted by Crippen LogP contribution is 2.22. The molecule has 0 aromatic heterocycles. The highest BCUT2D eigenvalue weighted by Gasteiger charge is 2.25. The molecular formula is C9H8FNO3. The minimum Gasteiger partial charge on any atom is -0.373 e. The van der Waals surface area contributed by atoms with Gasteiger partial charge in [-0.05, 0) is 11.6 Å². The first kappa shape index (κ1) is 9.08. The predicted octanol–water partition coefficient (Wildman–Crippen LogP) is 1.68. The third kappa shape index (κ3) is 1.88. The summed E-state index contributed by atoms with van der Waals surface area (Å²) in [4.78, 5) is 9.89. The van der Waals surface area contributed by atoms with Gasteiger partial charge in [0.1, 0.15) is 5.82 Å². The second-order valence-corrected chi connectivity index (χ2v) is 3.19. The molecule has 14 heavy (non-hydrogen) atoms. The molecule has 5 heteroatoms. The smallest absolute Gasteiger partial charge is 0.269 e. The van der Waals surface area contributed by atoms with Crippen molar-refractivity contribution in [3.63, 3.8) is 0 Å². The lowest BCUT2D eigenvalue weighted by Gasteiger charge is -1.99. The maximum atomic E-state index is 13.1. The lowest BCUT2D eigenvalue weighted by molar-refractivity contribution is -0.385. The minimum absolute atomic E-state index is 0.0338. The number of ether oxygens (including phenoxy) is 1. The van der Waals surface area contributed by atoms with E-state index in [0.717, 1.165) is 12.1 Å². The zero-order valence-electron chi connectivity index (χ0n) is 7.27. The normalized spacial score (nSPS) is 19.4. The topological polar surface area (TPSA) is 55.7 Å². The molecule has 4 nitrogen and oxygen atoms in total. The third-order valence-corrected chi connectivity index (χ3v) is 2.09. The van der Waals surface area contributed by atoms with E-state index in [-0.39, 0.29) is 11.8 Å². The number of non-ortho nitro benzene ring substituents is 1. The molecule has 1 aliphatic heterocycles. The Morgan fingerprint density at radius 1 is 1.64 bits per heavy atom. The first-order valence-electron chi connectivity index (χ1n) is 4.21. The van der Waals surface area contributed by atoms with E-state index in [9.17, 15) is 14.5 Å². The molecule has 1 aromatic rings. The fourth-order valence-corrected chi connectivity index (χ4v) is 1.26. The Kier molecular flexibility index (Phi) is 2.17. The van der Waals surface area contributed by atoms with E-state index in [1.165, 1.54) is 6.07 Å². The molecule has 1 unspecified atom stereocenters. The van der Waals surface area contributed by atoms with E-state index in [0.29, 0.717) is 18.6 Å². The van der Waals surface area contributed by atoms with Crippen molar-refractivity contribution >= 4 is 5.69 Å². The van der Waals surface area contributed by atoms with Gasteiger partial charge < -0.3 is 4.74 Å². The molecule has 1 fully saturated rings. The van der Waals surface area contributed by atoms with Gasteiger partial charge in [-0.25, -0.2) is 4.39 Å². The van der Waals surface area contributed by atoms with Gasteiger partial charge >= 0.3 is 0 Å². The van der Waals surface area contributed by atoms with E-state index in [1.54, 1.807) is 0 Å². The van der Waals surface area contributed by atoms with Crippen LogP contribution in [0.3, 0.4) is 0 Å². The number of epoxide rings is 1. The van der Waals surface area contributed by atoms with Crippen molar-refractivity contribution < 1.29 is 14.1 Å². The van der Waals surface area contributed by atoms with Gasteiger partial charge in [0.25, 0.3) is 5.69 Å². The molecule has 0 radical (unpaired) electrons. The molecule has 1 aromatic carbocycles. The van der Waals surface area contributed by atoms with Gasteiger partial charge in [-0.1, -0.05) is 0 Å². The van der Waals surface area contributed by atoms with Gasteiger partial charge in [-0.2, -0.15) is 0 Å². The van der Waals surface area contributed by atoms with Gasteiger partial charge in [0.15, 0.2) is 0 Å². The number of rotatable bonds is 3. The SMILES string of the molecule is O=[N+]([O-])c1ccc(F)c(CC2CO2)c1. The van der Waals surface area contributed by atoms with Crippen molar-refractivity contribution in [3.05, 3.63) is 39.7 Å². The summed E-state index contributed by atoms with van der Waals surface area (Å²) in [6.45, 7) is 0.613. The third-order valence-electron chi connectivity index (χ3n) is 2.09. The second kappa shape index (κ2) is 3.34. The number of nitrogens with zero attached hydrogens (tertiary/aromatic N) is 1. The Morgan fingerprint density at radius 2 is 2.36 bits per heavy atom. The van der Waals surface area contributed by atoms with Crippen LogP contribution in [-0.2, 0) is 11.2 Å². The highest BCUT2D eigenvalue weighted by atomic mass is 19.1. The van der Waals surface area contributed by atoms with Crippen LogP contribution >= 0.6 is 0 Å². The van der Waals surface area contributed by atoms with Gasteiger partial charge in [-0.15, -0.1) is 0 Å². The zero-order chi connectivity index (χ0) is 10.1. The lowest BCUT2D eigenvalue weighted by atomic mass is 10.1. The second-order valence-electron chi connectivity index (χ2n) is 3.19. The Morgan fingerprint density at radius 3 is 2.93 bits per heavy atom. The maximum Gasteiger partial charge on any atom is 0.269 e. The predicted molar refractivity (Wildman–Crippen MR) is 46.5 cm³/mol. The van der Waals surface area contributed by atoms with Gasteiger partial charge in [0.05, 0.1) is 17.6 Å². The van der Waals surface area contributed by atoms with Crippen LogP contribution in [0, 0.1) is 15.9 Å². The molecule has 74 valence electrons. The van der Waals surface area contributed by atoms with Gasteiger partial charge in [0.2, 0.25) is 0 Å². The summed E-state index contributed by atoms with van der Waals surface area (Å²) in [7, 11) is 0. The summed E-state index contributed by atoms with van der Waals surface area (Å²) in [5.74, 6) is -0.411. The number of nitro benzene ring substituents is 1.